The van der Waals surface area contributed by atoms with Crippen LogP contribution in [0.15, 0.2) is 24.3 Å². The minimum Gasteiger partial charge on any atom is -0.493 e. The smallest absolute Gasteiger partial charge is 0.124 e. The van der Waals surface area contributed by atoms with Crippen molar-refractivity contribution >= 4 is 11.8 Å². The van der Waals surface area contributed by atoms with Crippen LogP contribution in [-0.2, 0) is 0 Å². The number of nitrogens with zero attached hydrogens (tertiary/aromatic N) is 1. The van der Waals surface area contributed by atoms with Crippen molar-refractivity contribution in [1.29, 1.82) is 0 Å². The lowest BCUT2D eigenvalue weighted by atomic mass is 10.0. The van der Waals surface area contributed by atoms with Crippen molar-refractivity contribution in [2.45, 2.75) is 12.5 Å². The number of nitrogens with one attached hydrogen (secondary N) is 1. The van der Waals surface area contributed by atoms with Gasteiger partial charge in [0.15, 0.2) is 0 Å². The second-order valence-electron chi connectivity index (χ2n) is 5.14. The molecule has 2 aliphatic heterocycles. The number of para-hydroxylation sites is 1. The zero-order valence-electron chi connectivity index (χ0n) is 11.3. The summed E-state index contributed by atoms with van der Waals surface area (Å²) in [5.41, 5.74) is 1.32. The molecule has 104 valence electrons. The highest BCUT2D eigenvalue weighted by atomic mass is 32.2. The van der Waals surface area contributed by atoms with Crippen molar-refractivity contribution in [2.24, 2.45) is 0 Å². The molecule has 1 atom stereocenters. The molecule has 3 rings (SSSR count). The summed E-state index contributed by atoms with van der Waals surface area (Å²) in [6, 6.07) is 8.87. The van der Waals surface area contributed by atoms with Gasteiger partial charge in [-0.2, -0.15) is 11.8 Å². The Balaban J connectivity index is 1.50. The van der Waals surface area contributed by atoms with Gasteiger partial charge in [-0.05, 0) is 6.07 Å². The molecule has 2 aliphatic rings. The van der Waals surface area contributed by atoms with Gasteiger partial charge in [0.2, 0.25) is 0 Å². The van der Waals surface area contributed by atoms with Crippen LogP contribution in [0.1, 0.15) is 18.0 Å². The third-order valence-corrected chi connectivity index (χ3v) is 4.82. The molecule has 0 aliphatic carbocycles. The average molecular weight is 278 g/mol. The summed E-state index contributed by atoms with van der Waals surface area (Å²) >= 11 is 2.07. The molecule has 4 heteroatoms. The Bertz CT molecular complexity index is 407. The van der Waals surface area contributed by atoms with E-state index in [1.807, 2.05) is 6.07 Å². The zero-order chi connectivity index (χ0) is 12.9. The maximum Gasteiger partial charge on any atom is 0.124 e. The number of hydrogen-bond acceptors (Lipinski definition) is 4. The summed E-state index contributed by atoms with van der Waals surface area (Å²) in [5.74, 6) is 3.64. The summed E-state index contributed by atoms with van der Waals surface area (Å²) in [7, 11) is 0. The predicted molar refractivity (Wildman–Crippen MR) is 81.1 cm³/mol. The summed E-state index contributed by atoms with van der Waals surface area (Å²) in [4.78, 5) is 2.56. The molecule has 1 aromatic carbocycles. The molecule has 1 unspecified atom stereocenters. The number of ether oxygens (including phenoxy) is 1. The van der Waals surface area contributed by atoms with Crippen molar-refractivity contribution < 1.29 is 4.74 Å². The molecule has 2 heterocycles. The lowest BCUT2D eigenvalue weighted by molar-refractivity contribution is 0.243. The van der Waals surface area contributed by atoms with Gasteiger partial charge >= 0.3 is 0 Å². The fraction of sp³-hybridized carbons (Fsp3) is 0.600. The summed E-state index contributed by atoms with van der Waals surface area (Å²) in [6.07, 6.45) is 1.08. The lowest BCUT2D eigenvalue weighted by Gasteiger charge is -2.29. The van der Waals surface area contributed by atoms with Crippen LogP contribution in [0, 0.1) is 0 Å². The van der Waals surface area contributed by atoms with E-state index in [-0.39, 0.29) is 0 Å². The molecule has 19 heavy (non-hydrogen) atoms. The van der Waals surface area contributed by atoms with Gasteiger partial charge in [0.25, 0.3) is 0 Å². The minimum atomic E-state index is 0.462. The third kappa shape index (κ3) is 3.44. The summed E-state index contributed by atoms with van der Waals surface area (Å²) < 4.78 is 5.70. The van der Waals surface area contributed by atoms with Crippen molar-refractivity contribution in [3.05, 3.63) is 29.8 Å². The van der Waals surface area contributed by atoms with E-state index in [1.165, 1.54) is 36.7 Å². The standard InChI is InChI=1S/C15H22N2OS/c1-2-4-15-13(3-1)14(5-10-18-15)16-6-7-17-8-11-19-12-9-17/h1-4,14,16H,5-12H2. The molecule has 1 saturated heterocycles. The van der Waals surface area contributed by atoms with Crippen LogP contribution in [0.5, 0.6) is 5.75 Å². The van der Waals surface area contributed by atoms with E-state index in [0.717, 1.165) is 25.3 Å². The highest BCUT2D eigenvalue weighted by molar-refractivity contribution is 7.99. The molecule has 1 fully saturated rings. The van der Waals surface area contributed by atoms with E-state index in [0.29, 0.717) is 6.04 Å². The fourth-order valence-electron chi connectivity index (χ4n) is 2.78. The first-order valence-corrected chi connectivity index (χ1v) is 8.34. The Kier molecular flexibility index (Phi) is 4.64. The topological polar surface area (TPSA) is 24.5 Å². The molecule has 0 saturated carbocycles. The van der Waals surface area contributed by atoms with Crippen LogP contribution in [0.3, 0.4) is 0 Å². The minimum absolute atomic E-state index is 0.462. The quantitative estimate of drug-likeness (QED) is 0.912. The maximum atomic E-state index is 5.70. The van der Waals surface area contributed by atoms with E-state index in [9.17, 15) is 0 Å². The van der Waals surface area contributed by atoms with Gasteiger partial charge in [-0.3, -0.25) is 0 Å². The molecule has 0 amide bonds. The molecule has 0 radical (unpaired) electrons. The Morgan fingerprint density at radius 2 is 2.11 bits per heavy atom. The van der Waals surface area contributed by atoms with Gasteiger partial charge in [-0.25, -0.2) is 0 Å². The monoisotopic (exact) mass is 278 g/mol. The molecular formula is C15H22N2OS. The van der Waals surface area contributed by atoms with Crippen LogP contribution >= 0.6 is 11.8 Å². The number of fused-ring (bicyclic) bond motifs is 1. The first-order chi connectivity index (χ1) is 9.43. The van der Waals surface area contributed by atoms with E-state index >= 15 is 0 Å². The molecule has 1 N–H and O–H groups in total. The molecule has 0 aromatic heterocycles. The largest absolute Gasteiger partial charge is 0.493 e. The second-order valence-corrected chi connectivity index (χ2v) is 6.36. The highest BCUT2D eigenvalue weighted by Crippen LogP contribution is 2.31. The summed E-state index contributed by atoms with van der Waals surface area (Å²) in [6.45, 7) is 5.56. The van der Waals surface area contributed by atoms with Crippen LogP contribution in [0.2, 0.25) is 0 Å². The Hall–Kier alpha value is -0.710. The molecule has 0 spiro atoms. The van der Waals surface area contributed by atoms with Gasteiger partial charge in [-0.1, -0.05) is 18.2 Å². The number of thioether (sulfide) groups is 1. The Labute approximate surface area is 119 Å². The molecular weight excluding hydrogens is 256 g/mol. The van der Waals surface area contributed by atoms with Crippen molar-refractivity contribution in [1.82, 2.24) is 10.2 Å². The molecule has 1 aromatic rings. The number of hydrogen-bond donors (Lipinski definition) is 1. The van der Waals surface area contributed by atoms with Crippen molar-refractivity contribution in [3.8, 4) is 5.75 Å². The Morgan fingerprint density at radius 3 is 3.00 bits per heavy atom. The predicted octanol–water partition coefficient (Wildman–Crippen LogP) is 2.15. The van der Waals surface area contributed by atoms with E-state index in [4.69, 9.17) is 4.74 Å². The number of rotatable bonds is 4. The van der Waals surface area contributed by atoms with Gasteiger partial charge in [0.05, 0.1) is 6.61 Å². The van der Waals surface area contributed by atoms with Crippen LogP contribution in [-0.4, -0.2) is 49.2 Å². The summed E-state index contributed by atoms with van der Waals surface area (Å²) in [5, 5.41) is 3.70. The Morgan fingerprint density at radius 1 is 1.26 bits per heavy atom. The lowest BCUT2D eigenvalue weighted by Crippen LogP contribution is -2.39. The van der Waals surface area contributed by atoms with E-state index in [1.54, 1.807) is 0 Å². The first-order valence-electron chi connectivity index (χ1n) is 7.19. The van der Waals surface area contributed by atoms with Gasteiger partial charge in [-0.15, -0.1) is 0 Å². The van der Waals surface area contributed by atoms with Crippen LogP contribution < -0.4 is 10.1 Å². The fourth-order valence-corrected chi connectivity index (χ4v) is 3.75. The van der Waals surface area contributed by atoms with Crippen molar-refractivity contribution in [3.63, 3.8) is 0 Å². The second kappa shape index (κ2) is 6.64. The number of benzene rings is 1. The maximum absolute atomic E-state index is 5.70. The molecule has 3 nitrogen and oxygen atoms in total. The highest BCUT2D eigenvalue weighted by Gasteiger charge is 2.20. The molecule has 0 bridgehead atoms. The van der Waals surface area contributed by atoms with Crippen molar-refractivity contribution in [2.75, 3.05) is 44.3 Å². The zero-order valence-corrected chi connectivity index (χ0v) is 12.1. The van der Waals surface area contributed by atoms with Gasteiger partial charge in [0, 0.05) is 55.7 Å². The third-order valence-electron chi connectivity index (χ3n) is 3.88. The first kappa shape index (κ1) is 13.3. The van der Waals surface area contributed by atoms with E-state index in [2.05, 4.69) is 40.2 Å². The SMILES string of the molecule is c1ccc2c(c1)OCCC2NCCN1CCSCC1. The van der Waals surface area contributed by atoms with Gasteiger partial charge in [0.1, 0.15) is 5.75 Å². The normalized spacial score (nSPS) is 23.7. The van der Waals surface area contributed by atoms with Gasteiger partial charge < -0.3 is 15.0 Å². The van der Waals surface area contributed by atoms with E-state index < -0.39 is 0 Å². The van der Waals surface area contributed by atoms with Crippen LogP contribution in [0.25, 0.3) is 0 Å². The van der Waals surface area contributed by atoms with Crippen LogP contribution in [0.4, 0.5) is 0 Å². The average Bonchev–Trinajstić information content (AvgIpc) is 2.49.